The highest BCUT2D eigenvalue weighted by molar-refractivity contribution is 5.82. The number of rotatable bonds is 2. The topological polar surface area (TPSA) is 21.6 Å². The van der Waals surface area contributed by atoms with E-state index in [0.29, 0.717) is 0 Å². The van der Waals surface area contributed by atoms with E-state index in [0.717, 1.165) is 28.1 Å². The van der Waals surface area contributed by atoms with Crippen LogP contribution >= 0.6 is 0 Å². The van der Waals surface area contributed by atoms with E-state index in [1.54, 1.807) is 6.26 Å². The molecule has 0 saturated heterocycles. The highest BCUT2D eigenvalue weighted by Crippen LogP contribution is 2.31. The van der Waals surface area contributed by atoms with Crippen LogP contribution < -0.4 is 4.74 Å². The quantitative estimate of drug-likeness (QED) is 0.622. The second kappa shape index (κ2) is 8.75. The maximum Gasteiger partial charge on any atom is 0.134 e. The predicted octanol–water partition coefficient (Wildman–Crippen LogP) is 5.86. The van der Waals surface area contributed by atoms with Crippen molar-refractivity contribution in [3.8, 4) is 5.75 Å². The van der Waals surface area contributed by atoms with Gasteiger partial charge >= 0.3 is 0 Å². The standard InChI is InChI=1S/C17H17NO.C2H6/c1-4-13(2)12-18-15-8-9-17-16(11-15)14(3)7-5-6-10-19-17;1-2/h4-12H,3H2,1-2H3;1-2H3/b7-5-,10-6-,13-4-,18-12?;. The molecule has 1 aliphatic rings. The molecule has 21 heavy (non-hydrogen) atoms. The maximum absolute atomic E-state index is 5.54. The third kappa shape index (κ3) is 4.92. The number of allylic oxidation sites excluding steroid dienone is 6. The summed E-state index contributed by atoms with van der Waals surface area (Å²) in [5.74, 6) is 0.798. The van der Waals surface area contributed by atoms with Crippen molar-refractivity contribution in [2.75, 3.05) is 0 Å². The zero-order valence-electron chi connectivity index (χ0n) is 13.3. The van der Waals surface area contributed by atoms with Crippen LogP contribution in [-0.4, -0.2) is 6.21 Å². The summed E-state index contributed by atoms with van der Waals surface area (Å²) in [5, 5.41) is 0. The number of fused-ring (bicyclic) bond motifs is 1. The summed E-state index contributed by atoms with van der Waals surface area (Å²) < 4.78 is 5.54. The zero-order valence-corrected chi connectivity index (χ0v) is 13.3. The minimum atomic E-state index is 0.798. The van der Waals surface area contributed by atoms with Crippen molar-refractivity contribution in [3.63, 3.8) is 0 Å². The number of nitrogens with zero attached hydrogens (tertiary/aromatic N) is 1. The molecule has 1 heterocycles. The van der Waals surface area contributed by atoms with Gasteiger partial charge in [-0.15, -0.1) is 0 Å². The smallest absolute Gasteiger partial charge is 0.134 e. The van der Waals surface area contributed by atoms with Gasteiger partial charge in [0.05, 0.1) is 11.9 Å². The van der Waals surface area contributed by atoms with Crippen LogP contribution in [0, 0.1) is 0 Å². The van der Waals surface area contributed by atoms with Gasteiger partial charge in [-0.1, -0.05) is 38.7 Å². The molecule has 2 rings (SSSR count). The molecule has 0 atom stereocenters. The van der Waals surface area contributed by atoms with E-state index in [-0.39, 0.29) is 0 Å². The summed E-state index contributed by atoms with van der Waals surface area (Å²) in [4.78, 5) is 4.44. The highest BCUT2D eigenvalue weighted by Gasteiger charge is 2.07. The van der Waals surface area contributed by atoms with Gasteiger partial charge < -0.3 is 4.74 Å². The Morgan fingerprint density at radius 3 is 2.71 bits per heavy atom. The molecule has 0 amide bonds. The number of hydrogen-bond acceptors (Lipinski definition) is 2. The lowest BCUT2D eigenvalue weighted by atomic mass is 10.0. The van der Waals surface area contributed by atoms with Crippen LogP contribution in [0.4, 0.5) is 5.69 Å². The van der Waals surface area contributed by atoms with E-state index in [1.165, 1.54) is 0 Å². The van der Waals surface area contributed by atoms with Crippen LogP contribution in [-0.2, 0) is 0 Å². The Morgan fingerprint density at radius 1 is 1.24 bits per heavy atom. The van der Waals surface area contributed by atoms with Crippen LogP contribution in [0.15, 0.2) is 65.9 Å². The number of benzene rings is 1. The largest absolute Gasteiger partial charge is 0.464 e. The number of aliphatic imine (C=N–C) groups is 1. The molecule has 0 spiro atoms. The number of hydrogen-bond donors (Lipinski definition) is 0. The SMILES string of the molecule is C=C1/C=C\C=C/Oc2ccc(N=C/C(C)=C\C)cc21.CC. The van der Waals surface area contributed by atoms with E-state index in [4.69, 9.17) is 4.74 Å². The van der Waals surface area contributed by atoms with Gasteiger partial charge in [0.1, 0.15) is 5.75 Å². The van der Waals surface area contributed by atoms with Crippen LogP contribution in [0.1, 0.15) is 33.3 Å². The minimum absolute atomic E-state index is 0.798. The van der Waals surface area contributed by atoms with Gasteiger partial charge in [-0.3, -0.25) is 4.99 Å². The first-order chi connectivity index (χ1) is 10.2. The average molecular weight is 281 g/mol. The van der Waals surface area contributed by atoms with Gasteiger partial charge in [0, 0.05) is 11.8 Å². The molecule has 0 aliphatic carbocycles. The van der Waals surface area contributed by atoms with Gasteiger partial charge in [0.15, 0.2) is 0 Å². The normalized spacial score (nSPS) is 17.0. The molecule has 110 valence electrons. The van der Waals surface area contributed by atoms with Gasteiger partial charge in [0.25, 0.3) is 0 Å². The molecule has 0 radical (unpaired) electrons. The molecule has 1 aliphatic heterocycles. The Hall–Kier alpha value is -2.35. The molecule has 1 aromatic carbocycles. The fourth-order valence-electron chi connectivity index (χ4n) is 1.62. The van der Waals surface area contributed by atoms with Crippen LogP contribution in [0.3, 0.4) is 0 Å². The lowest BCUT2D eigenvalue weighted by Gasteiger charge is -2.11. The lowest BCUT2D eigenvalue weighted by Crippen LogP contribution is -1.91. The predicted molar refractivity (Wildman–Crippen MR) is 93.3 cm³/mol. The third-order valence-electron chi connectivity index (χ3n) is 2.86. The summed E-state index contributed by atoms with van der Waals surface area (Å²) in [6.45, 7) is 12.1. The summed E-state index contributed by atoms with van der Waals surface area (Å²) in [7, 11) is 0. The third-order valence-corrected chi connectivity index (χ3v) is 2.86. The first-order valence-corrected chi connectivity index (χ1v) is 7.21. The van der Waals surface area contributed by atoms with Crippen molar-refractivity contribution in [1.29, 1.82) is 0 Å². The second-order valence-corrected chi connectivity index (χ2v) is 4.30. The molecule has 0 bridgehead atoms. The van der Waals surface area contributed by atoms with E-state index < -0.39 is 0 Å². The van der Waals surface area contributed by atoms with E-state index in [2.05, 4.69) is 11.6 Å². The summed E-state index contributed by atoms with van der Waals surface area (Å²) >= 11 is 0. The van der Waals surface area contributed by atoms with E-state index in [9.17, 15) is 0 Å². The van der Waals surface area contributed by atoms with Crippen molar-refractivity contribution in [2.45, 2.75) is 27.7 Å². The molecule has 0 N–H and O–H groups in total. The number of ether oxygens (including phenoxy) is 1. The first-order valence-electron chi connectivity index (χ1n) is 7.21. The van der Waals surface area contributed by atoms with Crippen molar-refractivity contribution < 1.29 is 4.74 Å². The molecule has 0 aromatic heterocycles. The monoisotopic (exact) mass is 281 g/mol. The molecular formula is C19H23NO. The summed E-state index contributed by atoms with van der Waals surface area (Å²) in [6, 6.07) is 5.84. The Labute approximate surface area is 127 Å². The Balaban J connectivity index is 0.00000106. The molecule has 2 heteroatoms. The van der Waals surface area contributed by atoms with Crippen molar-refractivity contribution in [3.05, 3.63) is 66.5 Å². The molecule has 2 nitrogen and oxygen atoms in total. The van der Waals surface area contributed by atoms with Crippen molar-refractivity contribution in [1.82, 2.24) is 0 Å². The van der Waals surface area contributed by atoms with Gasteiger partial charge in [-0.05, 0) is 49.3 Å². The highest BCUT2D eigenvalue weighted by atomic mass is 16.5. The fourth-order valence-corrected chi connectivity index (χ4v) is 1.62. The Morgan fingerprint density at radius 2 is 2.00 bits per heavy atom. The molecule has 0 fully saturated rings. The van der Waals surface area contributed by atoms with Crippen LogP contribution in [0.25, 0.3) is 5.57 Å². The zero-order chi connectivity index (χ0) is 15.7. The van der Waals surface area contributed by atoms with Gasteiger partial charge in [-0.25, -0.2) is 0 Å². The average Bonchev–Trinajstić information content (AvgIpc) is 2.52. The Bertz CT molecular complexity index is 604. The lowest BCUT2D eigenvalue weighted by molar-refractivity contribution is 0.479. The summed E-state index contributed by atoms with van der Waals surface area (Å²) in [6.07, 6.45) is 11.2. The van der Waals surface area contributed by atoms with E-state index >= 15 is 0 Å². The first kappa shape index (κ1) is 16.7. The van der Waals surface area contributed by atoms with Crippen molar-refractivity contribution >= 4 is 17.5 Å². The maximum atomic E-state index is 5.54. The second-order valence-electron chi connectivity index (χ2n) is 4.30. The van der Waals surface area contributed by atoms with Crippen LogP contribution in [0.2, 0.25) is 0 Å². The van der Waals surface area contributed by atoms with Crippen LogP contribution in [0.5, 0.6) is 5.75 Å². The fraction of sp³-hybridized carbons (Fsp3) is 0.211. The molecule has 0 unspecified atom stereocenters. The Kier molecular flexibility index (Phi) is 6.96. The molecule has 0 saturated carbocycles. The molecule has 1 aromatic rings. The summed E-state index contributed by atoms with van der Waals surface area (Å²) in [5.41, 5.74) is 3.90. The van der Waals surface area contributed by atoms with E-state index in [1.807, 2.05) is 76.4 Å². The minimum Gasteiger partial charge on any atom is -0.464 e. The van der Waals surface area contributed by atoms with Gasteiger partial charge in [-0.2, -0.15) is 0 Å². The van der Waals surface area contributed by atoms with Gasteiger partial charge in [0.2, 0.25) is 0 Å². The molecular weight excluding hydrogens is 258 g/mol. The van der Waals surface area contributed by atoms with Crippen molar-refractivity contribution in [2.24, 2.45) is 4.99 Å².